The number of carbonyl (C=O) groups is 2. The predicted molar refractivity (Wildman–Crippen MR) is 99.2 cm³/mol. The number of rotatable bonds is 6. The SMILES string of the molecule is O=C(C[C@H]1C=CCC1)OCC(=O)N1CCN(S(=O)(=O)c2ccccc2F)CC1. The van der Waals surface area contributed by atoms with Crippen LogP contribution in [0.25, 0.3) is 0 Å². The van der Waals surface area contributed by atoms with Crippen LogP contribution in [0, 0.1) is 11.7 Å². The highest BCUT2D eigenvalue weighted by atomic mass is 32.2. The summed E-state index contributed by atoms with van der Waals surface area (Å²) < 4.78 is 45.2. The molecular weight excluding hydrogens is 387 g/mol. The van der Waals surface area contributed by atoms with Gasteiger partial charge in [0.25, 0.3) is 5.91 Å². The molecule has 1 atom stereocenters. The van der Waals surface area contributed by atoms with Crippen molar-refractivity contribution in [2.75, 3.05) is 32.8 Å². The monoisotopic (exact) mass is 410 g/mol. The first-order chi connectivity index (χ1) is 13.4. The lowest BCUT2D eigenvalue weighted by Crippen LogP contribution is -2.51. The zero-order valence-corrected chi connectivity index (χ0v) is 16.2. The van der Waals surface area contributed by atoms with Crippen LogP contribution >= 0.6 is 0 Å². The van der Waals surface area contributed by atoms with Crippen molar-refractivity contribution >= 4 is 21.9 Å². The topological polar surface area (TPSA) is 84.0 Å². The Morgan fingerprint density at radius 3 is 2.50 bits per heavy atom. The van der Waals surface area contributed by atoms with E-state index in [9.17, 15) is 22.4 Å². The predicted octanol–water partition coefficient (Wildman–Crippen LogP) is 1.56. The second-order valence-corrected chi connectivity index (χ2v) is 8.75. The lowest BCUT2D eigenvalue weighted by molar-refractivity contribution is -0.153. The number of ether oxygens (including phenoxy) is 1. The van der Waals surface area contributed by atoms with Gasteiger partial charge in [0.15, 0.2) is 6.61 Å². The summed E-state index contributed by atoms with van der Waals surface area (Å²) in [5, 5.41) is 0. The Morgan fingerprint density at radius 2 is 1.86 bits per heavy atom. The zero-order chi connectivity index (χ0) is 20.1. The summed E-state index contributed by atoms with van der Waals surface area (Å²) in [7, 11) is -3.95. The summed E-state index contributed by atoms with van der Waals surface area (Å²) in [6.45, 7) is 0.0899. The number of sulfonamides is 1. The van der Waals surface area contributed by atoms with Crippen molar-refractivity contribution in [1.29, 1.82) is 0 Å². The van der Waals surface area contributed by atoms with Gasteiger partial charge in [-0.2, -0.15) is 4.31 Å². The van der Waals surface area contributed by atoms with Crippen LogP contribution in [-0.2, 0) is 24.3 Å². The van der Waals surface area contributed by atoms with E-state index in [4.69, 9.17) is 4.74 Å². The van der Waals surface area contributed by atoms with E-state index in [2.05, 4.69) is 0 Å². The number of allylic oxidation sites excluding steroid dienone is 2. The van der Waals surface area contributed by atoms with Crippen molar-refractivity contribution in [2.45, 2.75) is 24.2 Å². The number of nitrogens with zero attached hydrogens (tertiary/aromatic N) is 2. The van der Waals surface area contributed by atoms with Crippen LogP contribution in [0.2, 0.25) is 0 Å². The van der Waals surface area contributed by atoms with Crippen molar-refractivity contribution in [3.05, 3.63) is 42.2 Å². The Balaban J connectivity index is 1.48. The summed E-state index contributed by atoms with van der Waals surface area (Å²) in [4.78, 5) is 25.1. The third-order valence-corrected chi connectivity index (χ3v) is 6.88. The first kappa shape index (κ1) is 20.5. The Kier molecular flexibility index (Phi) is 6.46. The molecule has 1 aromatic rings. The minimum atomic E-state index is -3.95. The number of benzene rings is 1. The summed E-state index contributed by atoms with van der Waals surface area (Å²) in [6, 6.07) is 5.21. The molecule has 0 bridgehead atoms. The number of esters is 1. The van der Waals surface area contributed by atoms with Gasteiger partial charge in [-0.25, -0.2) is 12.8 Å². The molecule has 0 unspecified atom stereocenters. The number of hydrogen-bond donors (Lipinski definition) is 0. The van der Waals surface area contributed by atoms with Crippen LogP contribution in [0.4, 0.5) is 4.39 Å². The van der Waals surface area contributed by atoms with Crippen molar-refractivity contribution in [3.63, 3.8) is 0 Å². The molecule has 0 saturated carbocycles. The van der Waals surface area contributed by atoms with E-state index >= 15 is 0 Å². The van der Waals surface area contributed by atoms with Crippen molar-refractivity contribution < 1.29 is 27.1 Å². The second kappa shape index (κ2) is 8.83. The molecule has 1 aromatic carbocycles. The molecule has 152 valence electrons. The summed E-state index contributed by atoms with van der Waals surface area (Å²) >= 11 is 0. The van der Waals surface area contributed by atoms with Crippen molar-refractivity contribution in [3.8, 4) is 0 Å². The van der Waals surface area contributed by atoms with Crippen LogP contribution < -0.4 is 0 Å². The maximum absolute atomic E-state index is 13.8. The minimum absolute atomic E-state index is 0.0588. The summed E-state index contributed by atoms with van der Waals surface area (Å²) in [5.74, 6) is -1.40. The van der Waals surface area contributed by atoms with Crippen LogP contribution in [0.1, 0.15) is 19.3 Å². The molecule has 1 heterocycles. The van der Waals surface area contributed by atoms with Gasteiger partial charge in [-0.15, -0.1) is 0 Å². The quantitative estimate of drug-likeness (QED) is 0.525. The van der Waals surface area contributed by atoms with Gasteiger partial charge in [-0.3, -0.25) is 9.59 Å². The van der Waals surface area contributed by atoms with Crippen molar-refractivity contribution in [2.24, 2.45) is 5.92 Å². The normalized spacial score (nSPS) is 20.3. The number of amides is 1. The molecule has 1 fully saturated rings. The Labute approximate surface area is 163 Å². The number of piperazine rings is 1. The third kappa shape index (κ3) is 4.77. The maximum atomic E-state index is 13.8. The minimum Gasteiger partial charge on any atom is -0.456 e. The van der Waals surface area contributed by atoms with E-state index < -0.39 is 21.8 Å². The Hall–Kier alpha value is -2.26. The zero-order valence-electron chi connectivity index (χ0n) is 15.4. The van der Waals surface area contributed by atoms with Gasteiger partial charge in [0.1, 0.15) is 10.7 Å². The molecule has 28 heavy (non-hydrogen) atoms. The largest absolute Gasteiger partial charge is 0.456 e. The van der Waals surface area contributed by atoms with Gasteiger partial charge in [0.2, 0.25) is 10.0 Å². The van der Waals surface area contributed by atoms with Crippen LogP contribution in [0.15, 0.2) is 41.3 Å². The molecule has 3 rings (SSSR count). The van der Waals surface area contributed by atoms with Gasteiger partial charge in [0, 0.05) is 26.2 Å². The van der Waals surface area contributed by atoms with Crippen LogP contribution in [-0.4, -0.2) is 62.3 Å². The van der Waals surface area contributed by atoms with Gasteiger partial charge in [0.05, 0.1) is 6.42 Å². The molecule has 1 aliphatic carbocycles. The number of carbonyl (C=O) groups excluding carboxylic acids is 2. The lowest BCUT2D eigenvalue weighted by atomic mass is 10.1. The average Bonchev–Trinajstić information content (AvgIpc) is 3.19. The highest BCUT2D eigenvalue weighted by Gasteiger charge is 2.32. The molecule has 2 aliphatic rings. The molecule has 7 nitrogen and oxygen atoms in total. The molecule has 0 N–H and O–H groups in total. The number of hydrogen-bond acceptors (Lipinski definition) is 5. The van der Waals surface area contributed by atoms with E-state index in [-0.39, 0.29) is 55.9 Å². The molecule has 1 aliphatic heterocycles. The van der Waals surface area contributed by atoms with Gasteiger partial charge >= 0.3 is 5.97 Å². The van der Waals surface area contributed by atoms with Gasteiger partial charge < -0.3 is 9.64 Å². The van der Waals surface area contributed by atoms with E-state index in [0.717, 1.165) is 23.2 Å². The Bertz CT molecular complexity index is 863. The summed E-state index contributed by atoms with van der Waals surface area (Å²) in [5.41, 5.74) is 0. The molecular formula is C19H23FN2O5S. The smallest absolute Gasteiger partial charge is 0.306 e. The Morgan fingerprint density at radius 1 is 1.14 bits per heavy atom. The van der Waals surface area contributed by atoms with E-state index in [0.29, 0.717) is 0 Å². The number of halogens is 1. The van der Waals surface area contributed by atoms with Crippen LogP contribution in [0.5, 0.6) is 0 Å². The third-order valence-electron chi connectivity index (χ3n) is 4.94. The first-order valence-electron chi connectivity index (χ1n) is 9.22. The van der Waals surface area contributed by atoms with Gasteiger partial charge in [-0.05, 0) is 30.9 Å². The first-order valence-corrected chi connectivity index (χ1v) is 10.7. The maximum Gasteiger partial charge on any atom is 0.306 e. The molecule has 0 aromatic heterocycles. The highest BCUT2D eigenvalue weighted by Crippen LogP contribution is 2.21. The van der Waals surface area contributed by atoms with Crippen molar-refractivity contribution in [1.82, 2.24) is 9.21 Å². The fraction of sp³-hybridized carbons (Fsp3) is 0.474. The fourth-order valence-corrected chi connectivity index (χ4v) is 4.83. The lowest BCUT2D eigenvalue weighted by Gasteiger charge is -2.33. The molecule has 1 amide bonds. The standard InChI is InChI=1S/C19H23FN2O5S/c20-16-7-3-4-8-17(16)28(25,26)22-11-9-21(10-12-22)18(23)14-27-19(24)13-15-5-1-2-6-15/h1,3-5,7-8,15H,2,6,9-14H2/t15-/m0/s1. The molecule has 0 spiro atoms. The van der Waals surface area contributed by atoms with Crippen LogP contribution in [0.3, 0.4) is 0 Å². The summed E-state index contributed by atoms with van der Waals surface area (Å²) in [6.07, 6.45) is 6.15. The fourth-order valence-electron chi connectivity index (χ4n) is 3.34. The molecule has 1 saturated heterocycles. The highest BCUT2D eigenvalue weighted by molar-refractivity contribution is 7.89. The molecule has 0 radical (unpaired) electrons. The van der Waals surface area contributed by atoms with E-state index in [1.807, 2.05) is 12.2 Å². The van der Waals surface area contributed by atoms with E-state index in [1.54, 1.807) is 0 Å². The molecule has 9 heteroatoms. The average molecular weight is 410 g/mol. The second-order valence-electron chi connectivity index (χ2n) is 6.85. The van der Waals surface area contributed by atoms with Gasteiger partial charge in [-0.1, -0.05) is 24.3 Å². The van der Waals surface area contributed by atoms with E-state index in [1.165, 1.54) is 23.1 Å².